The molecule has 5 nitrogen and oxygen atoms in total. The monoisotopic (exact) mass is 347 g/mol. The minimum atomic E-state index is -1.14. The van der Waals surface area contributed by atoms with Crippen LogP contribution < -0.4 is 10.1 Å². The van der Waals surface area contributed by atoms with Crippen molar-refractivity contribution in [3.05, 3.63) is 58.6 Å². The molecule has 0 aliphatic heterocycles. The van der Waals surface area contributed by atoms with Crippen molar-refractivity contribution in [1.29, 1.82) is 0 Å². The summed E-state index contributed by atoms with van der Waals surface area (Å²) in [6.07, 6.45) is 0.534. The van der Waals surface area contributed by atoms with E-state index in [9.17, 15) is 14.7 Å². The molecule has 0 saturated heterocycles. The summed E-state index contributed by atoms with van der Waals surface area (Å²) >= 11 is 5.81. The largest absolute Gasteiger partial charge is 0.497 e. The highest BCUT2D eigenvalue weighted by atomic mass is 35.5. The molecule has 0 radical (unpaired) electrons. The lowest BCUT2D eigenvalue weighted by atomic mass is 10.00. The second-order valence-corrected chi connectivity index (χ2v) is 5.87. The van der Waals surface area contributed by atoms with Gasteiger partial charge in [-0.2, -0.15) is 0 Å². The first kappa shape index (κ1) is 17.8. The zero-order valence-electron chi connectivity index (χ0n) is 13.4. The fraction of sp³-hybridized carbons (Fsp3) is 0.222. The van der Waals surface area contributed by atoms with Crippen LogP contribution in [0.4, 0.5) is 5.69 Å². The van der Waals surface area contributed by atoms with Crippen LogP contribution in [-0.4, -0.2) is 24.1 Å². The number of nitrogens with one attached hydrogen (secondary N) is 1. The molecular weight excluding hydrogens is 330 g/mol. The molecule has 0 saturated carbocycles. The zero-order chi connectivity index (χ0) is 17.7. The summed E-state index contributed by atoms with van der Waals surface area (Å²) in [5.41, 5.74) is 1.19. The maximum atomic E-state index is 12.3. The summed E-state index contributed by atoms with van der Waals surface area (Å²) in [5.74, 6) is -0.968. The van der Waals surface area contributed by atoms with E-state index < -0.39 is 5.97 Å². The molecule has 2 rings (SSSR count). The van der Waals surface area contributed by atoms with E-state index in [0.717, 1.165) is 11.3 Å². The predicted molar refractivity (Wildman–Crippen MR) is 92.9 cm³/mol. The molecule has 1 atom stereocenters. The van der Waals surface area contributed by atoms with Gasteiger partial charge < -0.3 is 15.2 Å². The van der Waals surface area contributed by atoms with E-state index in [1.807, 2.05) is 24.3 Å². The average Bonchev–Trinajstić information content (AvgIpc) is 2.56. The molecule has 2 N–H and O–H groups in total. The molecule has 2 aromatic rings. The summed E-state index contributed by atoms with van der Waals surface area (Å²) in [7, 11) is 1.59. The highest BCUT2D eigenvalue weighted by molar-refractivity contribution is 6.31. The van der Waals surface area contributed by atoms with Gasteiger partial charge in [-0.25, -0.2) is 4.79 Å². The molecule has 0 fully saturated rings. The van der Waals surface area contributed by atoms with Gasteiger partial charge in [-0.05, 0) is 42.3 Å². The molecular formula is C18H18ClNO4. The van der Waals surface area contributed by atoms with Crippen molar-refractivity contribution >= 4 is 29.2 Å². The molecule has 6 heteroatoms. The van der Waals surface area contributed by atoms with Crippen LogP contribution in [0.1, 0.15) is 22.8 Å². The first-order chi connectivity index (χ1) is 11.4. The number of ether oxygens (including phenoxy) is 1. The third kappa shape index (κ3) is 4.49. The quantitative estimate of drug-likeness (QED) is 0.831. The van der Waals surface area contributed by atoms with Crippen LogP contribution >= 0.6 is 11.6 Å². The van der Waals surface area contributed by atoms with E-state index in [-0.39, 0.29) is 23.1 Å². The smallest absolute Gasteiger partial charge is 0.337 e. The van der Waals surface area contributed by atoms with Gasteiger partial charge in [0.25, 0.3) is 0 Å². The molecule has 0 aliphatic rings. The Hall–Kier alpha value is -2.53. The number of aromatic carboxylic acids is 1. The van der Waals surface area contributed by atoms with E-state index in [1.165, 1.54) is 18.2 Å². The zero-order valence-corrected chi connectivity index (χ0v) is 14.1. The van der Waals surface area contributed by atoms with Gasteiger partial charge >= 0.3 is 5.97 Å². The van der Waals surface area contributed by atoms with E-state index >= 15 is 0 Å². The summed E-state index contributed by atoms with van der Waals surface area (Å²) in [4.78, 5) is 23.6. The van der Waals surface area contributed by atoms with Crippen LogP contribution in [-0.2, 0) is 11.2 Å². The van der Waals surface area contributed by atoms with Crippen LogP contribution in [0.25, 0.3) is 0 Å². The fourth-order valence-corrected chi connectivity index (χ4v) is 2.44. The maximum absolute atomic E-state index is 12.3. The summed E-state index contributed by atoms with van der Waals surface area (Å²) in [5, 5.41) is 12.2. The Balaban J connectivity index is 2.07. The van der Waals surface area contributed by atoms with E-state index in [1.54, 1.807) is 14.0 Å². The van der Waals surface area contributed by atoms with Crippen molar-refractivity contribution in [2.24, 2.45) is 5.92 Å². The number of carbonyl (C=O) groups is 2. The predicted octanol–water partition coefficient (Wildman–Crippen LogP) is 3.86. The molecule has 0 bridgehead atoms. The van der Waals surface area contributed by atoms with Crippen molar-refractivity contribution in [3.8, 4) is 5.75 Å². The number of benzene rings is 2. The topological polar surface area (TPSA) is 75.6 Å². The Bertz CT molecular complexity index is 743. The van der Waals surface area contributed by atoms with Gasteiger partial charge in [-0.15, -0.1) is 0 Å². The minimum absolute atomic E-state index is 0.0347. The lowest BCUT2D eigenvalue weighted by Gasteiger charge is -2.14. The molecule has 1 unspecified atom stereocenters. The Morgan fingerprint density at radius 2 is 1.88 bits per heavy atom. The molecule has 0 aliphatic carbocycles. The number of carboxylic acids is 1. The van der Waals surface area contributed by atoms with Gasteiger partial charge in [0.15, 0.2) is 0 Å². The first-order valence-electron chi connectivity index (χ1n) is 7.37. The molecule has 0 heterocycles. The van der Waals surface area contributed by atoms with Crippen LogP contribution in [0.5, 0.6) is 5.75 Å². The Morgan fingerprint density at radius 1 is 1.21 bits per heavy atom. The average molecular weight is 348 g/mol. The third-order valence-electron chi connectivity index (χ3n) is 3.62. The molecule has 0 aromatic heterocycles. The van der Waals surface area contributed by atoms with E-state index in [2.05, 4.69) is 5.32 Å². The number of hydrogen-bond acceptors (Lipinski definition) is 3. The van der Waals surface area contributed by atoms with E-state index in [0.29, 0.717) is 11.4 Å². The van der Waals surface area contributed by atoms with Crippen molar-refractivity contribution < 1.29 is 19.4 Å². The normalized spacial score (nSPS) is 11.6. The number of rotatable bonds is 6. The van der Waals surface area contributed by atoms with Gasteiger partial charge in [0.1, 0.15) is 5.75 Å². The van der Waals surface area contributed by atoms with Gasteiger partial charge in [0.05, 0.1) is 18.4 Å². The fourth-order valence-electron chi connectivity index (χ4n) is 2.27. The van der Waals surface area contributed by atoms with Gasteiger partial charge in [-0.1, -0.05) is 30.7 Å². The lowest BCUT2D eigenvalue weighted by Crippen LogP contribution is -2.23. The highest BCUT2D eigenvalue weighted by Crippen LogP contribution is 2.22. The maximum Gasteiger partial charge on any atom is 0.337 e. The van der Waals surface area contributed by atoms with Gasteiger partial charge in [-0.3, -0.25) is 4.79 Å². The Labute approximate surface area is 145 Å². The molecule has 1 amide bonds. The number of anilines is 1. The molecule has 2 aromatic carbocycles. The first-order valence-corrected chi connectivity index (χ1v) is 7.75. The van der Waals surface area contributed by atoms with Crippen LogP contribution in [0, 0.1) is 5.92 Å². The Kier molecular flexibility index (Phi) is 5.82. The summed E-state index contributed by atoms with van der Waals surface area (Å²) in [6.45, 7) is 1.79. The highest BCUT2D eigenvalue weighted by Gasteiger charge is 2.18. The Morgan fingerprint density at radius 3 is 2.46 bits per heavy atom. The number of hydrogen-bond donors (Lipinski definition) is 2. The third-order valence-corrected chi connectivity index (χ3v) is 3.85. The summed E-state index contributed by atoms with van der Waals surface area (Å²) < 4.78 is 5.10. The second kappa shape index (κ2) is 7.84. The summed E-state index contributed by atoms with van der Waals surface area (Å²) in [6, 6.07) is 11.8. The van der Waals surface area contributed by atoms with Crippen LogP contribution in [0.15, 0.2) is 42.5 Å². The van der Waals surface area contributed by atoms with Crippen molar-refractivity contribution in [2.45, 2.75) is 13.3 Å². The minimum Gasteiger partial charge on any atom is -0.497 e. The second-order valence-electron chi connectivity index (χ2n) is 5.44. The number of carboxylic acid groups (broad SMARTS) is 1. The standard InChI is InChI=1S/C18H18ClNO4/c1-11(9-12-3-6-14(24-2)7-4-12)17(21)20-16-8-5-13(19)10-15(16)18(22)23/h3-8,10-11H,9H2,1-2H3,(H,20,21)(H,22,23). The van der Waals surface area contributed by atoms with Gasteiger partial charge in [0, 0.05) is 10.9 Å². The van der Waals surface area contributed by atoms with Crippen molar-refractivity contribution in [1.82, 2.24) is 0 Å². The number of amides is 1. The van der Waals surface area contributed by atoms with Gasteiger partial charge in [0.2, 0.25) is 5.91 Å². The number of methoxy groups -OCH3 is 1. The van der Waals surface area contributed by atoms with Crippen LogP contribution in [0.3, 0.4) is 0 Å². The SMILES string of the molecule is COc1ccc(CC(C)C(=O)Nc2ccc(Cl)cc2C(=O)O)cc1. The van der Waals surface area contributed by atoms with Crippen LogP contribution in [0.2, 0.25) is 5.02 Å². The lowest BCUT2D eigenvalue weighted by molar-refractivity contribution is -0.119. The molecule has 126 valence electrons. The van der Waals surface area contributed by atoms with E-state index in [4.69, 9.17) is 16.3 Å². The number of halogens is 1. The van der Waals surface area contributed by atoms with Crippen molar-refractivity contribution in [3.63, 3.8) is 0 Å². The molecule has 24 heavy (non-hydrogen) atoms. The number of carbonyl (C=O) groups excluding carboxylic acids is 1. The molecule has 0 spiro atoms. The van der Waals surface area contributed by atoms with Crippen molar-refractivity contribution in [2.75, 3.05) is 12.4 Å².